The molecule has 0 heterocycles. The molecule has 1 atom stereocenters. The molecule has 1 fully saturated rings. The lowest BCUT2D eigenvalue weighted by Crippen LogP contribution is -2.50. The van der Waals surface area contributed by atoms with E-state index in [9.17, 15) is 9.59 Å². The highest BCUT2D eigenvalue weighted by molar-refractivity contribution is 7.80. The highest BCUT2D eigenvalue weighted by Gasteiger charge is 2.21. The Balaban J connectivity index is 2.41. The third-order valence-electron chi connectivity index (χ3n) is 3.08. The molecule has 0 saturated heterocycles. The van der Waals surface area contributed by atoms with Crippen LogP contribution in [0.2, 0.25) is 0 Å². The zero-order valence-electron chi connectivity index (χ0n) is 10.4. The topological polar surface area (TPSA) is 58.2 Å². The molecular formula is C12H22N2O2S. The van der Waals surface area contributed by atoms with Gasteiger partial charge in [0.25, 0.3) is 0 Å². The van der Waals surface area contributed by atoms with E-state index in [1.165, 1.54) is 32.6 Å². The van der Waals surface area contributed by atoms with Crippen molar-refractivity contribution in [3.8, 4) is 0 Å². The third-order valence-corrected chi connectivity index (χ3v) is 3.44. The van der Waals surface area contributed by atoms with Gasteiger partial charge in [-0.15, -0.1) is 0 Å². The molecule has 1 saturated carbocycles. The molecule has 17 heavy (non-hydrogen) atoms. The van der Waals surface area contributed by atoms with Crippen LogP contribution in [0.3, 0.4) is 0 Å². The van der Waals surface area contributed by atoms with Crippen molar-refractivity contribution in [3.63, 3.8) is 0 Å². The van der Waals surface area contributed by atoms with Gasteiger partial charge in [-0.05, 0) is 12.8 Å². The quantitative estimate of drug-likeness (QED) is 0.525. The molecule has 0 aromatic heterocycles. The first kappa shape index (κ1) is 14.4. The molecule has 0 aromatic rings. The zero-order chi connectivity index (χ0) is 12.7. The van der Waals surface area contributed by atoms with Gasteiger partial charge >= 0.3 is 0 Å². The van der Waals surface area contributed by atoms with Crippen molar-refractivity contribution in [1.29, 1.82) is 0 Å². The van der Waals surface area contributed by atoms with Crippen molar-refractivity contribution in [3.05, 3.63) is 0 Å². The maximum atomic E-state index is 11.9. The Morgan fingerprint density at radius 3 is 2.29 bits per heavy atom. The van der Waals surface area contributed by atoms with Gasteiger partial charge in [0.2, 0.25) is 11.8 Å². The number of hydrogen-bond acceptors (Lipinski definition) is 3. The number of carbonyl (C=O) groups excluding carboxylic acids is 2. The van der Waals surface area contributed by atoms with Crippen molar-refractivity contribution >= 4 is 24.4 Å². The fraction of sp³-hybridized carbons (Fsp3) is 0.833. The highest BCUT2D eigenvalue weighted by atomic mass is 32.1. The molecule has 98 valence electrons. The molecular weight excluding hydrogens is 236 g/mol. The summed E-state index contributed by atoms with van der Waals surface area (Å²) in [5.41, 5.74) is 0. The van der Waals surface area contributed by atoms with Crippen molar-refractivity contribution in [2.24, 2.45) is 0 Å². The Labute approximate surface area is 108 Å². The van der Waals surface area contributed by atoms with Gasteiger partial charge in [-0.1, -0.05) is 25.7 Å². The van der Waals surface area contributed by atoms with Crippen LogP contribution in [0, 0.1) is 0 Å². The fourth-order valence-corrected chi connectivity index (χ4v) is 2.42. The summed E-state index contributed by atoms with van der Waals surface area (Å²) in [5.74, 6) is 0.0279. The van der Waals surface area contributed by atoms with Crippen molar-refractivity contribution in [1.82, 2.24) is 10.6 Å². The highest BCUT2D eigenvalue weighted by Crippen LogP contribution is 2.17. The summed E-state index contributed by atoms with van der Waals surface area (Å²) in [6.45, 7) is 1.41. The van der Waals surface area contributed by atoms with Crippen LogP contribution in [0.5, 0.6) is 0 Å². The Kier molecular flexibility index (Phi) is 6.40. The van der Waals surface area contributed by atoms with Gasteiger partial charge in [-0.3, -0.25) is 9.59 Å². The molecule has 0 bridgehead atoms. The molecule has 4 nitrogen and oxygen atoms in total. The summed E-state index contributed by atoms with van der Waals surface area (Å²) in [5, 5.41) is 5.62. The standard InChI is InChI=1S/C12H22N2O2S/c1-9(15)13-11(8-17)12(16)14-10-6-4-2-3-5-7-10/h10-11,17H,2-8H2,1H3,(H,13,15)(H,14,16). The lowest BCUT2D eigenvalue weighted by molar-refractivity contribution is -0.128. The lowest BCUT2D eigenvalue weighted by Gasteiger charge is -2.21. The summed E-state index contributed by atoms with van der Waals surface area (Å²) >= 11 is 4.09. The van der Waals surface area contributed by atoms with Crippen LogP contribution >= 0.6 is 12.6 Å². The maximum Gasteiger partial charge on any atom is 0.243 e. The Morgan fingerprint density at radius 2 is 1.82 bits per heavy atom. The second kappa shape index (κ2) is 7.58. The van der Waals surface area contributed by atoms with Crippen LogP contribution < -0.4 is 10.6 Å². The van der Waals surface area contributed by atoms with Crippen LogP contribution in [0.4, 0.5) is 0 Å². The minimum Gasteiger partial charge on any atom is -0.352 e. The molecule has 1 aliphatic rings. The normalized spacial score (nSPS) is 19.2. The summed E-state index contributed by atoms with van der Waals surface area (Å²) in [4.78, 5) is 22.9. The van der Waals surface area contributed by atoms with Gasteiger partial charge < -0.3 is 10.6 Å². The number of rotatable bonds is 4. The van der Waals surface area contributed by atoms with Gasteiger partial charge in [0.15, 0.2) is 0 Å². The van der Waals surface area contributed by atoms with E-state index in [1.54, 1.807) is 0 Å². The number of hydrogen-bond donors (Lipinski definition) is 3. The monoisotopic (exact) mass is 258 g/mol. The SMILES string of the molecule is CC(=O)NC(CS)C(=O)NC1CCCCCC1. The summed E-state index contributed by atoms with van der Waals surface area (Å²) < 4.78 is 0. The largest absolute Gasteiger partial charge is 0.352 e. The smallest absolute Gasteiger partial charge is 0.243 e. The van der Waals surface area contributed by atoms with Crippen LogP contribution in [-0.2, 0) is 9.59 Å². The van der Waals surface area contributed by atoms with Gasteiger partial charge in [0.05, 0.1) is 0 Å². The molecule has 1 unspecified atom stereocenters. The summed E-state index contributed by atoms with van der Waals surface area (Å²) in [6, 6.07) is -0.250. The molecule has 1 rings (SSSR count). The first-order chi connectivity index (χ1) is 8.13. The molecule has 0 radical (unpaired) electrons. The molecule has 2 amide bonds. The van der Waals surface area contributed by atoms with E-state index < -0.39 is 6.04 Å². The fourth-order valence-electron chi connectivity index (χ4n) is 2.16. The van der Waals surface area contributed by atoms with Crippen LogP contribution in [0.25, 0.3) is 0 Å². The Morgan fingerprint density at radius 1 is 1.24 bits per heavy atom. The van der Waals surface area contributed by atoms with Gasteiger partial charge in [0.1, 0.15) is 6.04 Å². The molecule has 0 aliphatic heterocycles. The zero-order valence-corrected chi connectivity index (χ0v) is 11.3. The predicted molar refractivity (Wildman–Crippen MR) is 71.1 cm³/mol. The van der Waals surface area contributed by atoms with Gasteiger partial charge in [-0.25, -0.2) is 0 Å². The lowest BCUT2D eigenvalue weighted by atomic mass is 10.1. The van der Waals surface area contributed by atoms with E-state index in [0.717, 1.165) is 12.8 Å². The second-order valence-electron chi connectivity index (χ2n) is 4.63. The van der Waals surface area contributed by atoms with Crippen molar-refractivity contribution in [2.45, 2.75) is 57.5 Å². The number of thiol groups is 1. The predicted octanol–water partition coefficient (Wildman–Crippen LogP) is 1.26. The van der Waals surface area contributed by atoms with E-state index in [-0.39, 0.29) is 17.9 Å². The van der Waals surface area contributed by atoms with E-state index in [0.29, 0.717) is 5.75 Å². The van der Waals surface area contributed by atoms with Crippen LogP contribution in [0.1, 0.15) is 45.4 Å². The maximum absolute atomic E-state index is 11.9. The number of amides is 2. The third kappa shape index (κ3) is 5.44. The molecule has 2 N–H and O–H groups in total. The average molecular weight is 258 g/mol. The minimum absolute atomic E-state index is 0.109. The van der Waals surface area contributed by atoms with Crippen LogP contribution in [0.15, 0.2) is 0 Å². The first-order valence-electron chi connectivity index (χ1n) is 6.32. The molecule has 0 aromatic carbocycles. The van der Waals surface area contributed by atoms with Gasteiger partial charge in [-0.2, -0.15) is 12.6 Å². The minimum atomic E-state index is -0.515. The van der Waals surface area contributed by atoms with E-state index >= 15 is 0 Å². The van der Waals surface area contributed by atoms with E-state index in [1.807, 2.05) is 0 Å². The molecule has 0 spiro atoms. The first-order valence-corrected chi connectivity index (χ1v) is 6.95. The summed E-state index contributed by atoms with van der Waals surface area (Å²) in [7, 11) is 0. The number of nitrogens with one attached hydrogen (secondary N) is 2. The van der Waals surface area contributed by atoms with E-state index in [2.05, 4.69) is 23.3 Å². The Hall–Kier alpha value is -0.710. The Bertz CT molecular complexity index is 263. The second-order valence-corrected chi connectivity index (χ2v) is 5.00. The molecule has 1 aliphatic carbocycles. The van der Waals surface area contributed by atoms with Crippen LogP contribution in [-0.4, -0.2) is 29.7 Å². The average Bonchev–Trinajstić information content (AvgIpc) is 2.54. The van der Waals surface area contributed by atoms with Gasteiger partial charge in [0, 0.05) is 18.7 Å². The van der Waals surface area contributed by atoms with Crippen molar-refractivity contribution < 1.29 is 9.59 Å². The molecule has 5 heteroatoms. The number of carbonyl (C=O) groups is 2. The van der Waals surface area contributed by atoms with Crippen molar-refractivity contribution in [2.75, 3.05) is 5.75 Å². The van der Waals surface area contributed by atoms with E-state index in [4.69, 9.17) is 0 Å². The summed E-state index contributed by atoms with van der Waals surface area (Å²) in [6.07, 6.45) is 6.96.